The third-order valence-electron chi connectivity index (χ3n) is 15.9. The maximum Gasteiger partial charge on any atom is 0.254 e. The lowest BCUT2D eigenvalue weighted by atomic mass is 9.35. The summed E-state index contributed by atoms with van der Waals surface area (Å²) in [6, 6.07) is 102. The van der Waals surface area contributed by atoms with Gasteiger partial charge in [-0.15, -0.1) is 0 Å². The minimum absolute atomic E-state index is 0.0686. The molecule has 0 spiro atoms. The lowest BCUT2D eigenvalue weighted by Crippen LogP contribution is -2.77. The van der Waals surface area contributed by atoms with Crippen LogP contribution in [0.25, 0.3) is 0 Å². The van der Waals surface area contributed by atoms with Gasteiger partial charge in [-0.05, 0) is 101 Å². The van der Waals surface area contributed by atoms with Gasteiger partial charge in [-0.2, -0.15) is 0 Å². The molecule has 0 fully saturated rings. The summed E-state index contributed by atoms with van der Waals surface area (Å²) in [4.78, 5) is 7.58. The zero-order chi connectivity index (χ0) is 48.1. The van der Waals surface area contributed by atoms with Crippen molar-refractivity contribution < 1.29 is 4.74 Å². The lowest BCUT2D eigenvalue weighted by molar-refractivity contribution is 0.487. The Morgan fingerprint density at radius 3 is 1.12 bits per heavy atom. The van der Waals surface area contributed by atoms with E-state index in [4.69, 9.17) is 4.74 Å². The second kappa shape index (κ2) is 16.6. The first kappa shape index (κ1) is 42.4. The fourth-order valence-corrected chi connectivity index (χ4v) is 24.6. The van der Waals surface area contributed by atoms with Crippen molar-refractivity contribution in [1.29, 1.82) is 0 Å². The van der Waals surface area contributed by atoms with Crippen molar-refractivity contribution in [2.24, 2.45) is 0 Å². The number of rotatable bonds is 6. The molecule has 0 atom stereocenters. The molecule has 3 nitrogen and oxygen atoms in total. The molecule has 4 heterocycles. The molecule has 15 rings (SSSR count). The van der Waals surface area contributed by atoms with Crippen LogP contribution in [0.15, 0.2) is 283 Å². The molecule has 11 aromatic rings. The minimum Gasteiger partial charge on any atom is -0.456 e. The maximum absolute atomic E-state index is 7.37. The number of ether oxygens (including phenoxy) is 1. The average molecular weight is 981 g/mol. The van der Waals surface area contributed by atoms with Crippen LogP contribution < -0.4 is 72.4 Å². The van der Waals surface area contributed by atoms with Gasteiger partial charge in [0.25, 0.3) is 6.71 Å². The van der Waals surface area contributed by atoms with Crippen molar-refractivity contribution in [3.8, 4) is 11.5 Å². The Morgan fingerprint density at radius 1 is 0.315 bits per heavy atom. The third-order valence-corrected chi connectivity index (χ3v) is 26.9. The Kier molecular flexibility index (Phi) is 9.64. The molecule has 0 N–H and O–H groups in total. The largest absolute Gasteiger partial charge is 0.456 e. The van der Waals surface area contributed by atoms with Gasteiger partial charge in [0.1, 0.15) is 11.5 Å². The van der Waals surface area contributed by atoms with E-state index in [9.17, 15) is 0 Å². The molecule has 0 unspecified atom stereocenters. The minimum atomic E-state index is -2.82. The summed E-state index contributed by atoms with van der Waals surface area (Å²) in [5.74, 6) is 1.81. The second-order valence-corrected chi connectivity index (χ2v) is 27.9. The molecule has 0 saturated heterocycles. The fraction of sp³-hybridized carbons (Fsp3) is 0. The highest BCUT2D eigenvalue weighted by Crippen LogP contribution is 2.49. The number of anilines is 6. The van der Waals surface area contributed by atoms with Crippen molar-refractivity contribution in [1.82, 2.24) is 0 Å². The molecular formula is C66H45BN2OSSi2. The molecule has 0 amide bonds. The highest BCUT2D eigenvalue weighted by atomic mass is 32.2. The molecule has 4 aliphatic rings. The van der Waals surface area contributed by atoms with Crippen molar-refractivity contribution >= 4 is 127 Å². The molecule has 0 saturated carbocycles. The number of benzene rings is 11. The van der Waals surface area contributed by atoms with Gasteiger partial charge in [-0.1, -0.05) is 242 Å². The van der Waals surface area contributed by atoms with E-state index in [0.29, 0.717) is 0 Å². The SMILES string of the molecule is c1ccc([Si]2(c3ccccc3)c3ccccc3N(c3cccc4c3Oc3cccc5c3B4c3cccc(N4c6ccccc6[Si](c6ccccc6)(c6ccccc6)c6ccccc64)c3S5)c3ccccc32)cc1. The quantitative estimate of drug-likeness (QED) is 0.155. The summed E-state index contributed by atoms with van der Waals surface area (Å²) >= 11 is 1.88. The van der Waals surface area contributed by atoms with Gasteiger partial charge < -0.3 is 14.5 Å². The first-order valence-corrected chi connectivity index (χ1v) is 30.0. The predicted molar refractivity (Wildman–Crippen MR) is 312 cm³/mol. The molecule has 0 aliphatic carbocycles. The normalized spacial score (nSPS) is 14.8. The zero-order valence-corrected chi connectivity index (χ0v) is 42.6. The van der Waals surface area contributed by atoms with E-state index < -0.39 is 16.1 Å². The first-order chi connectivity index (χ1) is 36.3. The van der Waals surface area contributed by atoms with E-state index >= 15 is 0 Å². The van der Waals surface area contributed by atoms with E-state index in [2.05, 4.69) is 283 Å². The van der Waals surface area contributed by atoms with Gasteiger partial charge >= 0.3 is 0 Å². The van der Waals surface area contributed by atoms with Crippen molar-refractivity contribution in [3.63, 3.8) is 0 Å². The predicted octanol–water partition coefficient (Wildman–Crippen LogP) is 9.09. The summed E-state index contributed by atoms with van der Waals surface area (Å²) in [7, 11) is -5.62. The van der Waals surface area contributed by atoms with Crippen LogP contribution in [-0.2, 0) is 0 Å². The van der Waals surface area contributed by atoms with E-state index in [1.54, 1.807) is 0 Å². The summed E-state index contributed by atoms with van der Waals surface area (Å²) in [5, 5.41) is 11.0. The smallest absolute Gasteiger partial charge is 0.254 e. The van der Waals surface area contributed by atoms with Gasteiger partial charge in [0.05, 0.1) is 11.4 Å². The molecular weight excluding hydrogens is 936 g/mol. The third kappa shape index (κ3) is 5.95. The Hall–Kier alpha value is -8.33. The average Bonchev–Trinajstić information content (AvgIpc) is 3.47. The molecule has 0 radical (unpaired) electrons. The highest BCUT2D eigenvalue weighted by molar-refractivity contribution is 8.00. The lowest BCUT2D eigenvalue weighted by Gasteiger charge is -2.46. The van der Waals surface area contributed by atoms with Gasteiger partial charge in [0.15, 0.2) is 16.1 Å². The molecule has 73 heavy (non-hydrogen) atoms. The highest BCUT2D eigenvalue weighted by Gasteiger charge is 2.52. The van der Waals surface area contributed by atoms with Crippen LogP contribution in [0.5, 0.6) is 11.5 Å². The van der Waals surface area contributed by atoms with Gasteiger partial charge in [-0.3, -0.25) is 0 Å². The Bertz CT molecular complexity index is 3540. The van der Waals surface area contributed by atoms with Crippen LogP contribution in [0.1, 0.15) is 0 Å². The topological polar surface area (TPSA) is 15.7 Å². The van der Waals surface area contributed by atoms with Crippen LogP contribution in [0.2, 0.25) is 0 Å². The van der Waals surface area contributed by atoms with Gasteiger partial charge in [-0.25, -0.2) is 0 Å². The second-order valence-electron chi connectivity index (χ2n) is 19.4. The molecule has 4 aliphatic heterocycles. The van der Waals surface area contributed by atoms with Crippen LogP contribution in [0.4, 0.5) is 34.1 Å². The zero-order valence-electron chi connectivity index (χ0n) is 39.8. The number of hydrogen-bond donors (Lipinski definition) is 0. The van der Waals surface area contributed by atoms with E-state index in [1.165, 1.54) is 96.1 Å². The van der Waals surface area contributed by atoms with Gasteiger partial charge in [0, 0.05) is 32.5 Å². The van der Waals surface area contributed by atoms with E-state index in [-0.39, 0.29) is 6.71 Å². The van der Waals surface area contributed by atoms with E-state index in [0.717, 1.165) is 17.2 Å². The standard InChI is InChI=1S/C66H45BN2OSSi2/c1-5-24-46(25-6-1)72(47-26-7-2-8-27-47)60-42-17-13-34-52(60)68(53-35-14-18-43-61(53)72)56-38-21-32-50-65(56)70-58-40-23-41-59-64(58)67(50)51-33-22-39-57(66(51)71-59)69-54-36-15-19-44-62(54)73(48-28-9-3-10-29-48,49-30-11-4-12-31-49)63-45-20-16-37-55(63)69/h1-45H. The molecule has 0 bridgehead atoms. The number of hydrogen-bond acceptors (Lipinski definition) is 4. The van der Waals surface area contributed by atoms with Crippen molar-refractivity contribution in [2.75, 3.05) is 9.80 Å². The Morgan fingerprint density at radius 2 is 0.671 bits per heavy atom. The number of nitrogens with zero attached hydrogens (tertiary/aromatic N) is 2. The van der Waals surface area contributed by atoms with Crippen molar-refractivity contribution in [3.05, 3.63) is 273 Å². The Balaban J connectivity index is 0.937. The van der Waals surface area contributed by atoms with Crippen molar-refractivity contribution in [2.45, 2.75) is 9.79 Å². The molecule has 0 aromatic heterocycles. The maximum atomic E-state index is 7.37. The van der Waals surface area contributed by atoms with Crippen LogP contribution >= 0.6 is 11.8 Å². The molecule has 342 valence electrons. The van der Waals surface area contributed by atoms with Crippen LogP contribution in [0, 0.1) is 0 Å². The van der Waals surface area contributed by atoms with Gasteiger partial charge in [0.2, 0.25) is 0 Å². The monoisotopic (exact) mass is 980 g/mol. The van der Waals surface area contributed by atoms with E-state index in [1.807, 2.05) is 11.8 Å². The first-order valence-electron chi connectivity index (χ1n) is 25.2. The number of fused-ring (bicyclic) bond motifs is 8. The summed E-state index contributed by atoms with van der Waals surface area (Å²) in [6.07, 6.45) is 0. The summed E-state index contributed by atoms with van der Waals surface area (Å²) in [5.41, 5.74) is 10.8. The fourth-order valence-electron chi connectivity index (χ4n) is 13.1. The molecule has 7 heteroatoms. The Labute approximate surface area is 432 Å². The number of para-hydroxylation sites is 5. The summed E-state index contributed by atoms with van der Waals surface area (Å²) in [6.45, 7) is -0.0686. The summed E-state index contributed by atoms with van der Waals surface area (Å²) < 4.78 is 7.37. The van der Waals surface area contributed by atoms with Crippen LogP contribution in [-0.4, -0.2) is 22.9 Å². The molecule has 11 aromatic carbocycles. The van der Waals surface area contributed by atoms with Crippen LogP contribution in [0.3, 0.4) is 0 Å².